The van der Waals surface area contributed by atoms with Crippen molar-refractivity contribution in [3.05, 3.63) is 53.9 Å². The van der Waals surface area contributed by atoms with Crippen molar-refractivity contribution in [2.45, 2.75) is 13.1 Å². The van der Waals surface area contributed by atoms with Crippen molar-refractivity contribution >= 4 is 0 Å². The van der Waals surface area contributed by atoms with Gasteiger partial charge >= 0.3 is 0 Å². The lowest BCUT2D eigenvalue weighted by Crippen LogP contribution is -2.13. The topological polar surface area (TPSA) is 65.4 Å². The van der Waals surface area contributed by atoms with Gasteiger partial charge in [-0.15, -0.1) is 0 Å². The Kier molecular flexibility index (Phi) is 3.57. The molecule has 2 rings (SSSR count). The van der Waals surface area contributed by atoms with E-state index < -0.39 is 0 Å². The van der Waals surface area contributed by atoms with Crippen molar-refractivity contribution < 1.29 is 10.2 Å². The summed E-state index contributed by atoms with van der Waals surface area (Å²) in [4.78, 5) is 4.07. The van der Waals surface area contributed by atoms with Crippen LogP contribution in [0.4, 0.5) is 0 Å². The van der Waals surface area contributed by atoms with Crippen LogP contribution in [0.25, 0.3) is 0 Å². The molecule has 0 unspecified atom stereocenters. The quantitative estimate of drug-likeness (QED) is 0.749. The van der Waals surface area contributed by atoms with E-state index in [1.807, 2.05) is 12.1 Å². The highest BCUT2D eigenvalue weighted by atomic mass is 16.3. The molecule has 17 heavy (non-hydrogen) atoms. The molecular formula is C13H14N2O2. The zero-order valence-corrected chi connectivity index (χ0v) is 9.30. The smallest absolute Gasteiger partial charge is 0.133 e. The van der Waals surface area contributed by atoms with Crippen LogP contribution in [-0.4, -0.2) is 15.2 Å². The second-order valence-electron chi connectivity index (χ2n) is 3.78. The summed E-state index contributed by atoms with van der Waals surface area (Å²) in [5.41, 5.74) is 1.98. The fraction of sp³-hybridized carbons (Fsp3) is 0.154. The highest BCUT2D eigenvalue weighted by Gasteiger charge is 1.96. The molecule has 2 aromatic rings. The summed E-state index contributed by atoms with van der Waals surface area (Å²) in [6, 6.07) is 10.5. The average molecular weight is 230 g/mol. The lowest BCUT2D eigenvalue weighted by Gasteiger charge is -2.04. The van der Waals surface area contributed by atoms with E-state index in [-0.39, 0.29) is 11.5 Å². The predicted octanol–water partition coefficient (Wildman–Crippen LogP) is 1.78. The van der Waals surface area contributed by atoms with E-state index in [0.717, 1.165) is 11.3 Å². The molecule has 0 aliphatic carbocycles. The summed E-state index contributed by atoms with van der Waals surface area (Å²) in [5, 5.41) is 21.4. The summed E-state index contributed by atoms with van der Waals surface area (Å²) in [7, 11) is 0. The van der Waals surface area contributed by atoms with Crippen LogP contribution >= 0.6 is 0 Å². The third-order valence-electron chi connectivity index (χ3n) is 2.38. The standard InChI is InChI=1S/C13H14N2O2/c16-12-4-1-10(2-5-12)7-14-8-11-3-6-13(17)9-15-11/h1-6,9,14,16-17H,7-8H2. The van der Waals surface area contributed by atoms with E-state index in [1.54, 1.807) is 24.3 Å². The van der Waals surface area contributed by atoms with Crippen LogP contribution in [0, 0.1) is 0 Å². The number of pyridine rings is 1. The minimum atomic E-state index is 0.173. The zero-order valence-electron chi connectivity index (χ0n) is 9.30. The van der Waals surface area contributed by atoms with Crippen LogP contribution in [-0.2, 0) is 13.1 Å². The molecule has 0 bridgehead atoms. The molecule has 1 aromatic carbocycles. The first-order valence-electron chi connectivity index (χ1n) is 5.36. The van der Waals surface area contributed by atoms with E-state index in [0.29, 0.717) is 13.1 Å². The van der Waals surface area contributed by atoms with Crippen LogP contribution in [0.5, 0.6) is 11.5 Å². The highest BCUT2D eigenvalue weighted by Crippen LogP contribution is 2.09. The number of phenolic OH excluding ortho intramolecular Hbond substituents is 1. The van der Waals surface area contributed by atoms with Crippen molar-refractivity contribution in [2.24, 2.45) is 0 Å². The summed E-state index contributed by atoms with van der Waals surface area (Å²) < 4.78 is 0. The lowest BCUT2D eigenvalue weighted by molar-refractivity contribution is 0.471. The Balaban J connectivity index is 1.83. The molecule has 0 spiro atoms. The Morgan fingerprint density at radius 1 is 0.882 bits per heavy atom. The van der Waals surface area contributed by atoms with Crippen LogP contribution < -0.4 is 5.32 Å². The van der Waals surface area contributed by atoms with Gasteiger partial charge in [0.05, 0.1) is 11.9 Å². The maximum Gasteiger partial charge on any atom is 0.133 e. The number of nitrogens with zero attached hydrogens (tertiary/aromatic N) is 1. The van der Waals surface area contributed by atoms with Gasteiger partial charge in [-0.1, -0.05) is 12.1 Å². The third-order valence-corrected chi connectivity index (χ3v) is 2.38. The summed E-state index contributed by atoms with van der Waals surface area (Å²) in [6.45, 7) is 1.35. The van der Waals surface area contributed by atoms with Gasteiger partial charge in [0.2, 0.25) is 0 Å². The average Bonchev–Trinajstić information content (AvgIpc) is 2.34. The first kappa shape index (κ1) is 11.4. The maximum absolute atomic E-state index is 9.13. The Hall–Kier alpha value is -2.07. The van der Waals surface area contributed by atoms with Gasteiger partial charge in [0.25, 0.3) is 0 Å². The zero-order chi connectivity index (χ0) is 12.1. The number of phenols is 1. The molecule has 1 heterocycles. The number of benzene rings is 1. The van der Waals surface area contributed by atoms with Gasteiger partial charge in [-0.3, -0.25) is 4.98 Å². The molecule has 0 saturated carbocycles. The Morgan fingerprint density at radius 3 is 2.24 bits per heavy atom. The normalized spacial score (nSPS) is 10.4. The molecule has 0 aliphatic rings. The second kappa shape index (κ2) is 5.32. The van der Waals surface area contributed by atoms with E-state index in [4.69, 9.17) is 10.2 Å². The number of hydrogen-bond donors (Lipinski definition) is 3. The largest absolute Gasteiger partial charge is 0.508 e. The van der Waals surface area contributed by atoms with Gasteiger partial charge in [-0.2, -0.15) is 0 Å². The molecule has 4 nitrogen and oxygen atoms in total. The monoisotopic (exact) mass is 230 g/mol. The van der Waals surface area contributed by atoms with Crippen LogP contribution in [0.15, 0.2) is 42.6 Å². The minimum Gasteiger partial charge on any atom is -0.508 e. The van der Waals surface area contributed by atoms with Crippen LogP contribution in [0.2, 0.25) is 0 Å². The fourth-order valence-corrected chi connectivity index (χ4v) is 1.47. The molecular weight excluding hydrogens is 216 g/mol. The number of hydrogen-bond acceptors (Lipinski definition) is 4. The molecule has 0 radical (unpaired) electrons. The molecule has 4 heteroatoms. The SMILES string of the molecule is Oc1ccc(CNCc2ccc(O)cn2)cc1. The Labute approximate surface area is 99.6 Å². The van der Waals surface area contributed by atoms with Crippen molar-refractivity contribution in [1.82, 2.24) is 10.3 Å². The second-order valence-corrected chi connectivity index (χ2v) is 3.78. The first-order chi connectivity index (χ1) is 8.24. The van der Waals surface area contributed by atoms with Gasteiger partial charge < -0.3 is 15.5 Å². The Morgan fingerprint density at radius 2 is 1.59 bits per heavy atom. The van der Waals surface area contributed by atoms with E-state index in [2.05, 4.69) is 10.3 Å². The highest BCUT2D eigenvalue weighted by molar-refractivity contribution is 5.25. The van der Waals surface area contributed by atoms with Gasteiger partial charge in [0.1, 0.15) is 11.5 Å². The number of aromatic hydroxyl groups is 2. The minimum absolute atomic E-state index is 0.173. The molecule has 0 atom stereocenters. The van der Waals surface area contributed by atoms with Gasteiger partial charge in [0.15, 0.2) is 0 Å². The van der Waals surface area contributed by atoms with Crippen molar-refractivity contribution in [1.29, 1.82) is 0 Å². The summed E-state index contributed by atoms with van der Waals surface area (Å²) in [5.74, 6) is 0.446. The molecule has 0 saturated heterocycles. The predicted molar refractivity (Wildman–Crippen MR) is 64.6 cm³/mol. The number of rotatable bonds is 4. The maximum atomic E-state index is 9.13. The molecule has 3 N–H and O–H groups in total. The molecule has 0 amide bonds. The van der Waals surface area contributed by atoms with Crippen LogP contribution in [0.3, 0.4) is 0 Å². The number of aromatic nitrogens is 1. The van der Waals surface area contributed by atoms with E-state index >= 15 is 0 Å². The fourth-order valence-electron chi connectivity index (χ4n) is 1.47. The molecule has 0 fully saturated rings. The lowest BCUT2D eigenvalue weighted by atomic mass is 10.2. The van der Waals surface area contributed by atoms with Crippen molar-refractivity contribution in [3.8, 4) is 11.5 Å². The number of nitrogens with one attached hydrogen (secondary N) is 1. The molecule has 1 aromatic heterocycles. The van der Waals surface area contributed by atoms with Gasteiger partial charge in [-0.25, -0.2) is 0 Å². The summed E-state index contributed by atoms with van der Waals surface area (Å²) >= 11 is 0. The summed E-state index contributed by atoms with van der Waals surface area (Å²) in [6.07, 6.45) is 1.43. The molecule has 0 aliphatic heterocycles. The Bertz CT molecular complexity index is 420. The molecule has 88 valence electrons. The first-order valence-corrected chi connectivity index (χ1v) is 5.36. The third kappa shape index (κ3) is 3.46. The van der Waals surface area contributed by atoms with Gasteiger partial charge in [0, 0.05) is 13.1 Å². The van der Waals surface area contributed by atoms with E-state index in [1.165, 1.54) is 6.20 Å². The van der Waals surface area contributed by atoms with Crippen LogP contribution in [0.1, 0.15) is 11.3 Å². The van der Waals surface area contributed by atoms with E-state index in [9.17, 15) is 0 Å². The van der Waals surface area contributed by atoms with Crippen molar-refractivity contribution in [3.63, 3.8) is 0 Å². The van der Waals surface area contributed by atoms with Crippen molar-refractivity contribution in [2.75, 3.05) is 0 Å². The van der Waals surface area contributed by atoms with Gasteiger partial charge in [-0.05, 0) is 29.8 Å².